The first-order valence-electron chi connectivity index (χ1n) is 5.74. The van der Waals surface area contributed by atoms with Gasteiger partial charge in [-0.1, -0.05) is 13.0 Å². The molecule has 2 rings (SSSR count). The molecule has 1 N–H and O–H groups in total. The van der Waals surface area contributed by atoms with Crippen molar-refractivity contribution < 1.29 is 0 Å². The van der Waals surface area contributed by atoms with Gasteiger partial charge in [-0.05, 0) is 18.1 Å². The van der Waals surface area contributed by atoms with Gasteiger partial charge < -0.3 is 5.32 Å². The summed E-state index contributed by atoms with van der Waals surface area (Å²) in [5.74, 6) is 0.833. The van der Waals surface area contributed by atoms with Gasteiger partial charge in [-0.25, -0.2) is 9.97 Å². The van der Waals surface area contributed by atoms with Crippen LogP contribution in [0.1, 0.15) is 23.9 Å². The maximum atomic E-state index is 4.42. The lowest BCUT2D eigenvalue weighted by Crippen LogP contribution is -1.99. The first-order valence-corrected chi connectivity index (χ1v) is 5.74. The van der Waals surface area contributed by atoms with Crippen LogP contribution in [0.25, 0.3) is 0 Å². The second kappa shape index (κ2) is 5.39. The molecule has 0 radical (unpaired) electrons. The molecule has 2 aromatic rings. The van der Waals surface area contributed by atoms with E-state index >= 15 is 0 Å². The van der Waals surface area contributed by atoms with E-state index in [1.54, 1.807) is 6.33 Å². The first-order chi connectivity index (χ1) is 8.31. The van der Waals surface area contributed by atoms with Gasteiger partial charge >= 0.3 is 0 Å². The van der Waals surface area contributed by atoms with E-state index in [2.05, 4.69) is 39.3 Å². The minimum Gasteiger partial charge on any atom is -0.373 e. The van der Waals surface area contributed by atoms with Crippen molar-refractivity contribution in [2.45, 2.75) is 19.8 Å². The van der Waals surface area contributed by atoms with Crippen molar-refractivity contribution in [3.05, 3.63) is 47.7 Å². The molecule has 0 saturated carbocycles. The monoisotopic (exact) mass is 228 g/mol. The quantitative estimate of drug-likeness (QED) is 0.870. The number of hydrogen-bond donors (Lipinski definition) is 1. The Hall–Kier alpha value is -1.97. The standard InChI is InChI=1S/C13H16N4/c1-3-10-4-5-11(15-8-10)6-12-7-13(14-2)17-9-16-12/h4-5,7-9H,3,6H2,1-2H3,(H,14,16,17). The third kappa shape index (κ3) is 3.00. The number of aryl methyl sites for hydroxylation is 1. The molecule has 0 bridgehead atoms. The summed E-state index contributed by atoms with van der Waals surface area (Å²) in [6.07, 6.45) is 5.25. The molecule has 0 aliphatic rings. The average Bonchev–Trinajstić information content (AvgIpc) is 2.40. The first kappa shape index (κ1) is 11.5. The summed E-state index contributed by atoms with van der Waals surface area (Å²) in [6.45, 7) is 2.13. The third-order valence-corrected chi connectivity index (χ3v) is 2.64. The lowest BCUT2D eigenvalue weighted by Gasteiger charge is -2.03. The minimum absolute atomic E-state index is 0.737. The van der Waals surface area contributed by atoms with Gasteiger partial charge in [-0.3, -0.25) is 4.98 Å². The van der Waals surface area contributed by atoms with Crippen molar-refractivity contribution in [3.63, 3.8) is 0 Å². The summed E-state index contributed by atoms with van der Waals surface area (Å²) in [5, 5.41) is 3.00. The van der Waals surface area contributed by atoms with Crippen molar-refractivity contribution in [1.82, 2.24) is 15.0 Å². The zero-order valence-electron chi connectivity index (χ0n) is 10.1. The predicted molar refractivity (Wildman–Crippen MR) is 68.0 cm³/mol. The van der Waals surface area contributed by atoms with Crippen LogP contribution in [-0.4, -0.2) is 22.0 Å². The highest BCUT2D eigenvalue weighted by Crippen LogP contribution is 2.09. The van der Waals surface area contributed by atoms with Crippen LogP contribution >= 0.6 is 0 Å². The Morgan fingerprint density at radius 3 is 2.65 bits per heavy atom. The molecule has 0 aromatic carbocycles. The molecule has 0 spiro atoms. The number of pyridine rings is 1. The Labute approximate surface area is 101 Å². The van der Waals surface area contributed by atoms with E-state index in [4.69, 9.17) is 0 Å². The van der Waals surface area contributed by atoms with Crippen molar-refractivity contribution >= 4 is 5.82 Å². The molecular weight excluding hydrogens is 212 g/mol. The number of rotatable bonds is 4. The summed E-state index contributed by atoms with van der Waals surface area (Å²) < 4.78 is 0. The van der Waals surface area contributed by atoms with Crippen molar-refractivity contribution in [2.24, 2.45) is 0 Å². The van der Waals surface area contributed by atoms with Gasteiger partial charge in [0.25, 0.3) is 0 Å². The predicted octanol–water partition coefficient (Wildman–Crippen LogP) is 2.07. The van der Waals surface area contributed by atoms with Crippen LogP contribution in [0.4, 0.5) is 5.82 Å². The van der Waals surface area contributed by atoms with Crippen LogP contribution < -0.4 is 5.32 Å². The summed E-state index contributed by atoms with van der Waals surface area (Å²) >= 11 is 0. The summed E-state index contributed by atoms with van der Waals surface area (Å²) in [5.41, 5.74) is 3.26. The number of nitrogens with one attached hydrogen (secondary N) is 1. The highest BCUT2D eigenvalue weighted by Gasteiger charge is 2.01. The lowest BCUT2D eigenvalue weighted by atomic mass is 10.1. The molecule has 0 aliphatic heterocycles. The summed E-state index contributed by atoms with van der Waals surface area (Å²) in [4.78, 5) is 12.7. The Bertz CT molecular complexity index is 479. The van der Waals surface area contributed by atoms with Gasteiger partial charge in [0.15, 0.2) is 0 Å². The van der Waals surface area contributed by atoms with Gasteiger partial charge in [0.2, 0.25) is 0 Å². The van der Waals surface area contributed by atoms with E-state index in [1.807, 2.05) is 19.3 Å². The Balaban J connectivity index is 2.13. The van der Waals surface area contributed by atoms with Gasteiger partial charge in [0.1, 0.15) is 12.1 Å². The smallest absolute Gasteiger partial charge is 0.129 e. The Morgan fingerprint density at radius 2 is 2.00 bits per heavy atom. The molecule has 2 aromatic heterocycles. The maximum absolute atomic E-state index is 4.42. The molecule has 17 heavy (non-hydrogen) atoms. The van der Waals surface area contributed by atoms with Crippen LogP contribution in [0.2, 0.25) is 0 Å². The van der Waals surface area contributed by atoms with Gasteiger partial charge in [-0.2, -0.15) is 0 Å². The molecule has 2 heterocycles. The van der Waals surface area contributed by atoms with Crippen molar-refractivity contribution in [1.29, 1.82) is 0 Å². The molecule has 0 aliphatic carbocycles. The zero-order chi connectivity index (χ0) is 12.1. The van der Waals surface area contributed by atoms with Gasteiger partial charge in [0, 0.05) is 31.4 Å². The zero-order valence-corrected chi connectivity index (χ0v) is 10.1. The van der Waals surface area contributed by atoms with Crippen LogP contribution in [0.15, 0.2) is 30.7 Å². The minimum atomic E-state index is 0.737. The number of anilines is 1. The van der Waals surface area contributed by atoms with Gasteiger partial charge in [-0.15, -0.1) is 0 Å². The highest BCUT2D eigenvalue weighted by molar-refractivity contribution is 5.34. The molecule has 88 valence electrons. The van der Waals surface area contributed by atoms with Crippen LogP contribution in [0.3, 0.4) is 0 Å². The molecule has 4 nitrogen and oxygen atoms in total. The van der Waals surface area contributed by atoms with Crippen molar-refractivity contribution in [3.8, 4) is 0 Å². The topological polar surface area (TPSA) is 50.7 Å². The highest BCUT2D eigenvalue weighted by atomic mass is 15.0. The average molecular weight is 228 g/mol. The number of aromatic nitrogens is 3. The maximum Gasteiger partial charge on any atom is 0.129 e. The Kier molecular flexibility index (Phi) is 3.65. The second-order valence-electron chi connectivity index (χ2n) is 3.83. The fourth-order valence-electron chi connectivity index (χ4n) is 1.59. The van der Waals surface area contributed by atoms with E-state index in [-0.39, 0.29) is 0 Å². The molecular formula is C13H16N4. The van der Waals surface area contributed by atoms with E-state index < -0.39 is 0 Å². The molecule has 0 atom stereocenters. The summed E-state index contributed by atoms with van der Waals surface area (Å²) in [6, 6.07) is 6.11. The number of nitrogens with zero attached hydrogens (tertiary/aromatic N) is 3. The van der Waals surface area contributed by atoms with Crippen molar-refractivity contribution in [2.75, 3.05) is 12.4 Å². The third-order valence-electron chi connectivity index (χ3n) is 2.64. The SMILES string of the molecule is CCc1ccc(Cc2cc(NC)ncn2)nc1. The normalized spacial score (nSPS) is 10.2. The van der Waals surface area contributed by atoms with E-state index in [0.29, 0.717) is 0 Å². The molecule has 0 amide bonds. The lowest BCUT2D eigenvalue weighted by molar-refractivity contribution is 0.973. The molecule has 0 fully saturated rings. The largest absolute Gasteiger partial charge is 0.373 e. The van der Waals surface area contributed by atoms with E-state index in [0.717, 1.165) is 30.0 Å². The molecule has 4 heteroatoms. The van der Waals surface area contributed by atoms with E-state index in [9.17, 15) is 0 Å². The fraction of sp³-hybridized carbons (Fsp3) is 0.308. The van der Waals surface area contributed by atoms with Crippen LogP contribution in [-0.2, 0) is 12.8 Å². The van der Waals surface area contributed by atoms with Crippen LogP contribution in [0.5, 0.6) is 0 Å². The molecule has 0 saturated heterocycles. The number of hydrogen-bond acceptors (Lipinski definition) is 4. The second-order valence-corrected chi connectivity index (χ2v) is 3.83. The fourth-order valence-corrected chi connectivity index (χ4v) is 1.59. The molecule has 0 unspecified atom stereocenters. The van der Waals surface area contributed by atoms with E-state index in [1.165, 1.54) is 5.56 Å². The Morgan fingerprint density at radius 1 is 1.12 bits per heavy atom. The van der Waals surface area contributed by atoms with Crippen LogP contribution in [0, 0.1) is 0 Å². The van der Waals surface area contributed by atoms with Gasteiger partial charge in [0.05, 0.1) is 5.69 Å². The summed E-state index contributed by atoms with van der Waals surface area (Å²) in [7, 11) is 1.85.